The molecule has 0 N–H and O–H groups in total. The number of hydrogen-bond donors (Lipinski definition) is 0. The second-order valence-corrected chi connectivity index (χ2v) is 6.11. The molecule has 0 heterocycles. The van der Waals surface area contributed by atoms with Gasteiger partial charge in [-0.1, -0.05) is 37.0 Å². The van der Waals surface area contributed by atoms with E-state index in [1.165, 1.54) is 43.2 Å². The van der Waals surface area contributed by atoms with Crippen LogP contribution in [0.5, 0.6) is 0 Å². The first-order chi connectivity index (χ1) is 10.1. The Morgan fingerprint density at radius 2 is 1.90 bits per heavy atom. The lowest BCUT2D eigenvalue weighted by molar-refractivity contribution is 0.440. The van der Waals surface area contributed by atoms with Crippen LogP contribution in [0, 0.1) is 13.8 Å². The first kappa shape index (κ1) is 15.7. The Bertz CT molecular complexity index is 525. The lowest BCUT2D eigenvalue weighted by Crippen LogP contribution is -2.25. The van der Waals surface area contributed by atoms with Crippen molar-refractivity contribution in [2.24, 2.45) is 9.98 Å². The molecule has 0 unspecified atom stereocenters. The van der Waals surface area contributed by atoms with Gasteiger partial charge in [0, 0.05) is 7.05 Å². The fourth-order valence-electron chi connectivity index (χ4n) is 2.75. The molecule has 1 aliphatic rings. The Labute approximate surface area is 128 Å². The minimum Gasteiger partial charge on any atom is -0.324 e. The van der Waals surface area contributed by atoms with Crippen molar-refractivity contribution in [3.8, 4) is 0 Å². The minimum absolute atomic E-state index is 0.510. The van der Waals surface area contributed by atoms with Crippen LogP contribution in [0.1, 0.15) is 50.2 Å². The van der Waals surface area contributed by atoms with Crippen LogP contribution in [0.3, 0.4) is 0 Å². The normalized spacial score (nSPS) is 17.4. The zero-order valence-electron chi connectivity index (χ0n) is 13.8. The van der Waals surface area contributed by atoms with Gasteiger partial charge in [0.1, 0.15) is 5.84 Å². The molecule has 1 saturated carbocycles. The van der Waals surface area contributed by atoms with E-state index in [1.807, 2.05) is 18.3 Å². The molecule has 0 amide bonds. The molecule has 3 nitrogen and oxygen atoms in total. The maximum Gasteiger partial charge on any atom is 0.101 e. The lowest BCUT2D eigenvalue weighted by atomic mass is 9.96. The smallest absolute Gasteiger partial charge is 0.101 e. The highest BCUT2D eigenvalue weighted by Crippen LogP contribution is 2.21. The fourth-order valence-corrected chi connectivity index (χ4v) is 2.75. The van der Waals surface area contributed by atoms with E-state index >= 15 is 0 Å². The number of hydrogen-bond acceptors (Lipinski definition) is 2. The zero-order chi connectivity index (χ0) is 15.2. The molecule has 1 aromatic carbocycles. The summed E-state index contributed by atoms with van der Waals surface area (Å²) in [7, 11) is 2.02. The molecule has 1 aromatic rings. The van der Waals surface area contributed by atoms with Gasteiger partial charge in [-0.15, -0.1) is 0 Å². The van der Waals surface area contributed by atoms with Crippen molar-refractivity contribution >= 4 is 17.9 Å². The van der Waals surface area contributed by atoms with Gasteiger partial charge in [0.2, 0.25) is 0 Å². The van der Waals surface area contributed by atoms with Gasteiger partial charge in [-0.3, -0.25) is 4.99 Å². The van der Waals surface area contributed by atoms with Gasteiger partial charge in [-0.2, -0.15) is 0 Å². The molecule has 0 atom stereocenters. The zero-order valence-corrected chi connectivity index (χ0v) is 13.8. The van der Waals surface area contributed by atoms with Gasteiger partial charge in [0.05, 0.1) is 18.1 Å². The number of benzene rings is 1. The molecule has 3 heteroatoms. The Balaban J connectivity index is 2.00. The Kier molecular flexibility index (Phi) is 5.54. The molecule has 0 aliphatic heterocycles. The van der Waals surface area contributed by atoms with Crippen LogP contribution in [0.2, 0.25) is 0 Å². The van der Waals surface area contributed by atoms with Crippen molar-refractivity contribution in [3.63, 3.8) is 0 Å². The molecular weight excluding hydrogens is 258 g/mol. The van der Waals surface area contributed by atoms with E-state index in [4.69, 9.17) is 4.99 Å². The van der Waals surface area contributed by atoms with Crippen molar-refractivity contribution in [2.75, 3.05) is 7.05 Å². The van der Waals surface area contributed by atoms with Gasteiger partial charge in [0.25, 0.3) is 0 Å². The molecule has 114 valence electrons. The van der Waals surface area contributed by atoms with Crippen molar-refractivity contribution in [1.29, 1.82) is 0 Å². The van der Waals surface area contributed by atoms with Gasteiger partial charge in [-0.25, -0.2) is 4.99 Å². The average molecular weight is 285 g/mol. The number of aryl methyl sites for hydroxylation is 2. The van der Waals surface area contributed by atoms with E-state index in [1.54, 1.807) is 0 Å². The summed E-state index contributed by atoms with van der Waals surface area (Å²) in [5, 5.41) is 0. The largest absolute Gasteiger partial charge is 0.324 e. The van der Waals surface area contributed by atoms with E-state index in [0.717, 1.165) is 11.5 Å². The first-order valence-corrected chi connectivity index (χ1v) is 7.95. The summed E-state index contributed by atoms with van der Waals surface area (Å²) >= 11 is 0. The topological polar surface area (TPSA) is 28.0 Å². The van der Waals surface area contributed by atoms with E-state index in [-0.39, 0.29) is 0 Å². The van der Waals surface area contributed by atoms with Crippen molar-refractivity contribution in [2.45, 2.75) is 58.9 Å². The molecule has 0 aromatic heterocycles. The third-order valence-electron chi connectivity index (χ3n) is 4.18. The maximum atomic E-state index is 4.84. The minimum atomic E-state index is 0.510. The molecule has 0 bridgehead atoms. The van der Waals surface area contributed by atoms with Gasteiger partial charge in [-0.05, 0) is 45.2 Å². The summed E-state index contributed by atoms with van der Waals surface area (Å²) in [6.07, 6.45) is 8.36. The molecule has 0 saturated heterocycles. The van der Waals surface area contributed by atoms with Crippen molar-refractivity contribution < 1.29 is 0 Å². The van der Waals surface area contributed by atoms with Gasteiger partial charge in [0.15, 0.2) is 0 Å². The Hall–Kier alpha value is -1.64. The highest BCUT2D eigenvalue weighted by molar-refractivity contribution is 5.90. The Morgan fingerprint density at radius 3 is 2.57 bits per heavy atom. The predicted molar refractivity (Wildman–Crippen MR) is 91.8 cm³/mol. The molecule has 1 fully saturated rings. The molecule has 21 heavy (non-hydrogen) atoms. The summed E-state index contributed by atoms with van der Waals surface area (Å²) in [5.74, 6) is 1.05. The highest BCUT2D eigenvalue weighted by Gasteiger charge is 2.12. The van der Waals surface area contributed by atoms with Crippen LogP contribution in [0.15, 0.2) is 28.2 Å². The van der Waals surface area contributed by atoms with Crippen LogP contribution in [-0.2, 0) is 0 Å². The van der Waals surface area contributed by atoms with Crippen molar-refractivity contribution in [3.05, 3.63) is 29.3 Å². The monoisotopic (exact) mass is 285 g/mol. The SMILES string of the molecule is CC(=NC1CCCCC1)N(C)C=Nc1ccc(C)cc1C. The van der Waals surface area contributed by atoms with Gasteiger partial charge >= 0.3 is 0 Å². The maximum absolute atomic E-state index is 4.84. The molecule has 0 spiro atoms. The first-order valence-electron chi connectivity index (χ1n) is 7.95. The standard InChI is InChI=1S/C18H27N3/c1-14-10-11-18(15(2)12-14)19-13-21(4)16(3)20-17-8-6-5-7-9-17/h10-13,17H,5-9H2,1-4H3. The summed E-state index contributed by atoms with van der Waals surface area (Å²) in [6, 6.07) is 6.84. The average Bonchev–Trinajstić information content (AvgIpc) is 2.47. The molecule has 0 radical (unpaired) electrons. The van der Waals surface area contributed by atoms with Crippen LogP contribution >= 0.6 is 0 Å². The quantitative estimate of drug-likeness (QED) is 0.587. The molecule has 1 aliphatic carbocycles. The van der Waals surface area contributed by atoms with Crippen LogP contribution < -0.4 is 0 Å². The van der Waals surface area contributed by atoms with E-state index in [0.29, 0.717) is 6.04 Å². The second kappa shape index (κ2) is 7.39. The highest BCUT2D eigenvalue weighted by atomic mass is 15.2. The number of amidine groups is 1. The third kappa shape index (κ3) is 4.69. The summed E-state index contributed by atoms with van der Waals surface area (Å²) < 4.78 is 0. The van der Waals surface area contributed by atoms with E-state index < -0.39 is 0 Å². The van der Waals surface area contributed by atoms with Gasteiger partial charge < -0.3 is 4.90 Å². The second-order valence-electron chi connectivity index (χ2n) is 6.11. The fraction of sp³-hybridized carbons (Fsp3) is 0.556. The Morgan fingerprint density at radius 1 is 1.19 bits per heavy atom. The van der Waals surface area contributed by atoms with E-state index in [9.17, 15) is 0 Å². The summed E-state index contributed by atoms with van der Waals surface area (Å²) in [6.45, 7) is 6.28. The predicted octanol–water partition coefficient (Wildman–Crippen LogP) is 4.65. The number of nitrogens with zero attached hydrogens (tertiary/aromatic N) is 3. The van der Waals surface area contributed by atoms with Crippen LogP contribution in [-0.4, -0.2) is 30.2 Å². The molecular formula is C18H27N3. The lowest BCUT2D eigenvalue weighted by Gasteiger charge is -2.21. The van der Waals surface area contributed by atoms with E-state index in [2.05, 4.69) is 44.0 Å². The van der Waals surface area contributed by atoms with Crippen molar-refractivity contribution in [1.82, 2.24) is 4.90 Å². The summed E-state index contributed by atoms with van der Waals surface area (Å²) in [5.41, 5.74) is 3.51. The number of aliphatic imine (C=N–C) groups is 2. The molecule has 2 rings (SSSR count). The van der Waals surface area contributed by atoms with Crippen LogP contribution in [0.4, 0.5) is 5.69 Å². The number of rotatable bonds is 3. The third-order valence-corrected chi connectivity index (χ3v) is 4.18. The summed E-state index contributed by atoms with van der Waals surface area (Å²) in [4.78, 5) is 11.4. The van der Waals surface area contributed by atoms with Crippen LogP contribution in [0.25, 0.3) is 0 Å².